The van der Waals surface area contributed by atoms with Gasteiger partial charge in [-0.2, -0.15) is 4.31 Å². The summed E-state index contributed by atoms with van der Waals surface area (Å²) < 4.78 is 26.9. The van der Waals surface area contributed by atoms with Crippen LogP contribution in [-0.4, -0.2) is 31.7 Å². The zero-order valence-corrected chi connectivity index (χ0v) is 15.9. The summed E-state index contributed by atoms with van der Waals surface area (Å²) in [6.07, 6.45) is 2.65. The molecule has 1 heterocycles. The second-order valence-corrected chi connectivity index (χ2v) is 8.60. The van der Waals surface area contributed by atoms with Gasteiger partial charge in [0, 0.05) is 25.2 Å². The molecule has 138 valence electrons. The predicted octanol–water partition coefficient (Wildman–Crippen LogP) is 3.70. The van der Waals surface area contributed by atoms with Crippen molar-refractivity contribution >= 4 is 33.2 Å². The van der Waals surface area contributed by atoms with E-state index >= 15 is 0 Å². The Morgan fingerprint density at radius 1 is 1.08 bits per heavy atom. The maximum absolute atomic E-state index is 12.7. The molecular formula is C19H21ClN2O3S. The third-order valence-corrected chi connectivity index (χ3v) is 6.76. The van der Waals surface area contributed by atoms with E-state index in [1.54, 1.807) is 6.07 Å². The van der Waals surface area contributed by atoms with Gasteiger partial charge in [-0.25, -0.2) is 8.42 Å². The van der Waals surface area contributed by atoms with Crippen LogP contribution in [0, 0.1) is 0 Å². The Kier molecular flexibility index (Phi) is 5.96. The molecule has 0 unspecified atom stereocenters. The largest absolute Gasteiger partial charge is 0.326 e. The average molecular weight is 393 g/mol. The zero-order chi connectivity index (χ0) is 18.6. The first-order chi connectivity index (χ1) is 12.5. The van der Waals surface area contributed by atoms with Crippen LogP contribution in [0.1, 0.15) is 24.8 Å². The summed E-state index contributed by atoms with van der Waals surface area (Å²) in [5.41, 5.74) is 1.52. The van der Waals surface area contributed by atoms with Crippen molar-refractivity contribution in [2.45, 2.75) is 30.6 Å². The van der Waals surface area contributed by atoms with Gasteiger partial charge in [0.05, 0.1) is 5.02 Å². The quantitative estimate of drug-likeness (QED) is 0.815. The fraction of sp³-hybridized carbons (Fsp3) is 0.316. The van der Waals surface area contributed by atoms with Crippen molar-refractivity contribution in [2.75, 3.05) is 18.4 Å². The van der Waals surface area contributed by atoms with E-state index in [2.05, 4.69) is 5.32 Å². The third-order valence-electron chi connectivity index (χ3n) is 4.38. The smallest absolute Gasteiger partial charge is 0.244 e. The molecule has 0 aromatic heterocycles. The lowest BCUT2D eigenvalue weighted by Crippen LogP contribution is -2.28. The van der Waals surface area contributed by atoms with Crippen LogP contribution in [0.4, 0.5) is 5.69 Å². The van der Waals surface area contributed by atoms with Gasteiger partial charge in [0.15, 0.2) is 0 Å². The average Bonchev–Trinajstić information content (AvgIpc) is 3.18. The van der Waals surface area contributed by atoms with Crippen molar-refractivity contribution in [2.24, 2.45) is 0 Å². The van der Waals surface area contributed by atoms with E-state index in [0.29, 0.717) is 31.6 Å². The number of benzene rings is 2. The number of amides is 1. The molecule has 0 aliphatic carbocycles. The van der Waals surface area contributed by atoms with Gasteiger partial charge in [-0.15, -0.1) is 0 Å². The Bertz CT molecular complexity index is 879. The van der Waals surface area contributed by atoms with Crippen molar-refractivity contribution in [1.82, 2.24) is 4.31 Å². The van der Waals surface area contributed by atoms with Gasteiger partial charge in [-0.3, -0.25) is 4.79 Å². The van der Waals surface area contributed by atoms with E-state index in [-0.39, 0.29) is 15.8 Å². The molecule has 1 amide bonds. The number of hydrogen-bond acceptors (Lipinski definition) is 3. The molecule has 3 rings (SSSR count). The lowest BCUT2D eigenvalue weighted by atomic mass is 10.1. The Balaban J connectivity index is 1.70. The number of carbonyl (C=O) groups is 1. The predicted molar refractivity (Wildman–Crippen MR) is 103 cm³/mol. The van der Waals surface area contributed by atoms with Crippen molar-refractivity contribution in [3.8, 4) is 0 Å². The Labute approximate surface area is 159 Å². The lowest BCUT2D eigenvalue weighted by Gasteiger charge is -2.17. The summed E-state index contributed by atoms with van der Waals surface area (Å²) in [4.78, 5) is 12.2. The maximum atomic E-state index is 12.7. The molecule has 26 heavy (non-hydrogen) atoms. The number of hydrogen-bond donors (Lipinski definition) is 1. The van der Waals surface area contributed by atoms with Crippen LogP contribution < -0.4 is 5.32 Å². The summed E-state index contributed by atoms with van der Waals surface area (Å²) in [7, 11) is -3.63. The fourth-order valence-corrected chi connectivity index (χ4v) is 4.99. The molecule has 1 N–H and O–H groups in total. The zero-order valence-electron chi connectivity index (χ0n) is 14.3. The van der Waals surface area contributed by atoms with Gasteiger partial charge in [0.25, 0.3) is 0 Å². The number of rotatable bonds is 6. The van der Waals surface area contributed by atoms with Gasteiger partial charge in [-0.1, -0.05) is 41.9 Å². The molecule has 7 heteroatoms. The van der Waals surface area contributed by atoms with Gasteiger partial charge in [0.2, 0.25) is 15.9 Å². The van der Waals surface area contributed by atoms with E-state index in [0.717, 1.165) is 18.4 Å². The minimum Gasteiger partial charge on any atom is -0.326 e. The molecule has 1 aliphatic rings. The first-order valence-electron chi connectivity index (χ1n) is 8.60. The Morgan fingerprint density at radius 3 is 2.46 bits per heavy atom. The van der Waals surface area contributed by atoms with E-state index < -0.39 is 10.0 Å². The van der Waals surface area contributed by atoms with Gasteiger partial charge in [0.1, 0.15) is 4.90 Å². The van der Waals surface area contributed by atoms with Crippen molar-refractivity contribution in [3.05, 3.63) is 59.1 Å². The van der Waals surface area contributed by atoms with Crippen LogP contribution in [-0.2, 0) is 21.2 Å². The molecule has 0 saturated carbocycles. The number of aryl methyl sites for hydroxylation is 1. The number of sulfonamides is 1. The molecule has 0 atom stereocenters. The number of halogens is 1. The van der Waals surface area contributed by atoms with Crippen LogP contribution in [0.25, 0.3) is 0 Å². The molecule has 0 bridgehead atoms. The van der Waals surface area contributed by atoms with Crippen molar-refractivity contribution in [3.63, 3.8) is 0 Å². The fourth-order valence-electron chi connectivity index (χ4n) is 2.97. The standard InChI is InChI=1S/C19H21ClN2O3S/c20-17-10-9-16(14-18(17)26(24,25)22-12-4-5-13-22)21-19(23)11-8-15-6-2-1-3-7-15/h1-3,6-7,9-10,14H,4-5,8,11-13H2,(H,21,23). The minimum absolute atomic E-state index is 0.0435. The number of nitrogens with zero attached hydrogens (tertiary/aromatic N) is 1. The van der Waals surface area contributed by atoms with Crippen LogP contribution in [0.3, 0.4) is 0 Å². The molecule has 2 aromatic rings. The second kappa shape index (κ2) is 8.20. The van der Waals surface area contributed by atoms with Gasteiger partial charge in [-0.05, 0) is 43.0 Å². The molecule has 5 nitrogen and oxygen atoms in total. The summed E-state index contributed by atoms with van der Waals surface area (Å²) in [6, 6.07) is 14.3. The van der Waals surface area contributed by atoms with E-state index in [9.17, 15) is 13.2 Å². The highest BCUT2D eigenvalue weighted by molar-refractivity contribution is 7.89. The summed E-state index contributed by atoms with van der Waals surface area (Å²) in [5, 5.41) is 2.93. The molecule has 1 aliphatic heterocycles. The topological polar surface area (TPSA) is 66.5 Å². The van der Waals surface area contributed by atoms with Crippen LogP contribution >= 0.6 is 11.6 Å². The van der Waals surface area contributed by atoms with E-state index in [4.69, 9.17) is 11.6 Å². The molecule has 0 spiro atoms. The molecule has 1 saturated heterocycles. The summed E-state index contributed by atoms with van der Waals surface area (Å²) in [5.74, 6) is -0.166. The highest BCUT2D eigenvalue weighted by Crippen LogP contribution is 2.29. The molecule has 0 radical (unpaired) electrons. The van der Waals surface area contributed by atoms with E-state index in [1.165, 1.54) is 16.4 Å². The highest BCUT2D eigenvalue weighted by atomic mass is 35.5. The molecule has 1 fully saturated rings. The molecule has 2 aromatic carbocycles. The third kappa shape index (κ3) is 4.44. The van der Waals surface area contributed by atoms with Crippen molar-refractivity contribution in [1.29, 1.82) is 0 Å². The van der Waals surface area contributed by atoms with E-state index in [1.807, 2.05) is 30.3 Å². The second-order valence-electron chi connectivity index (χ2n) is 6.29. The summed E-state index contributed by atoms with van der Waals surface area (Å²) in [6.45, 7) is 1.01. The number of anilines is 1. The van der Waals surface area contributed by atoms with Gasteiger partial charge < -0.3 is 5.32 Å². The highest BCUT2D eigenvalue weighted by Gasteiger charge is 2.29. The summed E-state index contributed by atoms with van der Waals surface area (Å²) >= 11 is 6.12. The Hall–Kier alpha value is -1.89. The van der Waals surface area contributed by atoms with Crippen LogP contribution in [0.2, 0.25) is 5.02 Å². The Morgan fingerprint density at radius 2 is 1.77 bits per heavy atom. The number of nitrogens with one attached hydrogen (secondary N) is 1. The number of carbonyl (C=O) groups excluding carboxylic acids is 1. The van der Waals surface area contributed by atoms with Crippen LogP contribution in [0.5, 0.6) is 0 Å². The SMILES string of the molecule is O=C(CCc1ccccc1)Nc1ccc(Cl)c(S(=O)(=O)N2CCCC2)c1. The minimum atomic E-state index is -3.63. The first-order valence-corrected chi connectivity index (χ1v) is 10.4. The maximum Gasteiger partial charge on any atom is 0.244 e. The monoisotopic (exact) mass is 392 g/mol. The first kappa shape index (κ1) is 18.9. The molecular weight excluding hydrogens is 372 g/mol. The van der Waals surface area contributed by atoms with Gasteiger partial charge >= 0.3 is 0 Å². The van der Waals surface area contributed by atoms with Crippen LogP contribution in [0.15, 0.2) is 53.4 Å². The lowest BCUT2D eigenvalue weighted by molar-refractivity contribution is -0.116. The normalized spacial score (nSPS) is 15.1. The van der Waals surface area contributed by atoms with Crippen molar-refractivity contribution < 1.29 is 13.2 Å².